The summed E-state index contributed by atoms with van der Waals surface area (Å²) >= 11 is 2.80. The quantitative estimate of drug-likeness (QED) is 0.158. The summed E-state index contributed by atoms with van der Waals surface area (Å²) in [5.41, 5.74) is 9.76. The molecule has 0 radical (unpaired) electrons. The average Bonchev–Trinajstić information content (AvgIpc) is 3.53. The molecule has 6 rings (SSSR count). The number of benzene rings is 1. The third kappa shape index (κ3) is 6.51. The molecule has 42 heavy (non-hydrogen) atoms. The number of rotatable bonds is 5. The van der Waals surface area contributed by atoms with E-state index in [9.17, 15) is 9.59 Å². The maximum atomic E-state index is 11.9. The lowest BCUT2D eigenvalue weighted by Gasteiger charge is -2.33. The van der Waals surface area contributed by atoms with E-state index in [1.165, 1.54) is 45.5 Å². The number of hydrogen-bond acceptors (Lipinski definition) is 7. The van der Waals surface area contributed by atoms with Gasteiger partial charge in [0.25, 0.3) is 5.91 Å². The smallest absolute Gasteiger partial charge is 0.348 e. The molecule has 1 aliphatic rings. The largest absolute Gasteiger partial charge is 0.462 e. The van der Waals surface area contributed by atoms with Crippen molar-refractivity contribution in [1.29, 1.82) is 0 Å². The van der Waals surface area contributed by atoms with E-state index in [2.05, 4.69) is 74.6 Å². The van der Waals surface area contributed by atoms with Gasteiger partial charge < -0.3 is 10.5 Å². The lowest BCUT2D eigenvalue weighted by molar-refractivity contribution is 0.0532. The summed E-state index contributed by atoms with van der Waals surface area (Å²) < 4.78 is 5.09. The number of carbonyl (C=O) groups is 2. The Labute approximate surface area is 257 Å². The van der Waals surface area contributed by atoms with Crippen molar-refractivity contribution in [2.75, 3.05) is 6.61 Å². The van der Waals surface area contributed by atoms with Crippen molar-refractivity contribution in [1.82, 2.24) is 9.97 Å². The molecule has 1 atom stereocenters. The molecule has 10 heteroatoms. The number of fused-ring (bicyclic) bond motifs is 4. The third-order valence-electron chi connectivity index (χ3n) is 7.98. The van der Waals surface area contributed by atoms with Crippen molar-refractivity contribution < 1.29 is 14.3 Å². The molecule has 0 aliphatic heterocycles. The fourth-order valence-corrected chi connectivity index (χ4v) is 10.2. The number of esters is 1. The van der Waals surface area contributed by atoms with E-state index in [4.69, 9.17) is 15.5 Å². The minimum atomic E-state index is -1.33. The van der Waals surface area contributed by atoms with Crippen LogP contribution in [-0.2, 0) is 17.6 Å². The van der Waals surface area contributed by atoms with Crippen LogP contribution in [0.1, 0.15) is 43.9 Å². The third-order valence-corrected chi connectivity index (χ3v) is 15.1. The number of primary amides is 1. The second kappa shape index (κ2) is 11.6. The van der Waals surface area contributed by atoms with E-state index >= 15 is 0 Å². The zero-order valence-electron chi connectivity index (χ0n) is 25.5. The van der Waals surface area contributed by atoms with Crippen molar-refractivity contribution >= 4 is 87.2 Å². The molecule has 0 spiro atoms. The van der Waals surface area contributed by atoms with Crippen molar-refractivity contribution in [3.05, 3.63) is 63.5 Å². The zero-order chi connectivity index (χ0) is 30.4. The Morgan fingerprint density at radius 2 is 1.57 bits per heavy atom. The number of pyridine rings is 2. The van der Waals surface area contributed by atoms with Gasteiger partial charge in [-0.1, -0.05) is 56.6 Å². The van der Waals surface area contributed by atoms with Crippen LogP contribution in [0, 0.1) is 0 Å². The van der Waals surface area contributed by atoms with Crippen molar-refractivity contribution in [3.63, 3.8) is 0 Å². The van der Waals surface area contributed by atoms with Crippen LogP contribution in [0.2, 0.25) is 44.8 Å². The molecule has 4 aromatic heterocycles. The van der Waals surface area contributed by atoms with Crippen molar-refractivity contribution in [2.24, 2.45) is 5.73 Å². The van der Waals surface area contributed by atoms with Crippen LogP contribution in [0.3, 0.4) is 0 Å². The summed E-state index contributed by atoms with van der Waals surface area (Å²) in [6.07, 6.45) is 3.49. The van der Waals surface area contributed by atoms with E-state index in [1.807, 2.05) is 19.1 Å². The van der Waals surface area contributed by atoms with Gasteiger partial charge in [0.05, 0.1) is 25.1 Å². The van der Waals surface area contributed by atoms with Gasteiger partial charge in [0, 0.05) is 29.9 Å². The van der Waals surface area contributed by atoms with Crippen molar-refractivity contribution in [2.45, 2.75) is 71.0 Å². The summed E-state index contributed by atoms with van der Waals surface area (Å²) in [5.74, 6) is -0.622. The van der Waals surface area contributed by atoms with Crippen LogP contribution in [0.25, 0.3) is 31.3 Å². The van der Waals surface area contributed by atoms with Crippen LogP contribution in [0.4, 0.5) is 0 Å². The second-order valence-corrected chi connectivity index (χ2v) is 25.8. The van der Waals surface area contributed by atoms with Crippen molar-refractivity contribution in [3.8, 4) is 0 Å². The monoisotopic (exact) mass is 633 g/mol. The van der Waals surface area contributed by atoms with Gasteiger partial charge in [0.1, 0.15) is 14.5 Å². The van der Waals surface area contributed by atoms with E-state index < -0.39 is 16.1 Å². The van der Waals surface area contributed by atoms with E-state index in [-0.39, 0.29) is 11.9 Å². The van der Waals surface area contributed by atoms with Crippen LogP contribution < -0.4 is 10.9 Å². The topological polar surface area (TPSA) is 95.2 Å². The summed E-state index contributed by atoms with van der Waals surface area (Å²) in [6.45, 7) is 16.6. The molecule has 1 unspecified atom stereocenters. The maximum absolute atomic E-state index is 11.9. The van der Waals surface area contributed by atoms with Gasteiger partial charge in [-0.05, 0) is 67.6 Å². The fraction of sp³-hybridized carbons (Fsp3) is 0.375. The predicted octanol–water partition coefficient (Wildman–Crippen LogP) is 7.76. The average molecular weight is 634 g/mol. The van der Waals surface area contributed by atoms with E-state index in [1.54, 1.807) is 0 Å². The molecule has 6 nitrogen and oxygen atoms in total. The molecule has 0 saturated heterocycles. The fourth-order valence-electron chi connectivity index (χ4n) is 5.39. The Kier molecular flexibility index (Phi) is 8.46. The number of aromatic nitrogens is 2. The molecule has 1 aromatic carbocycles. The first-order chi connectivity index (χ1) is 19.7. The van der Waals surface area contributed by atoms with Gasteiger partial charge >= 0.3 is 5.97 Å². The van der Waals surface area contributed by atoms with E-state index in [0.717, 1.165) is 49.7 Å². The lowest BCUT2D eigenvalue weighted by atomic mass is 9.95. The Morgan fingerprint density at radius 3 is 2.24 bits per heavy atom. The molecule has 220 valence electrons. The molecule has 1 amide bonds. The Hall–Kier alpha value is -2.93. The van der Waals surface area contributed by atoms with Crippen LogP contribution in [0.5, 0.6) is 0 Å². The SMILES string of the molecule is CCOC(=O)c1cc2cc3c(nc2s1)CCC([Si](C)(C)C)C3.C[Si](C)(C)c1ccc2nc3sc(C(N)=O)cc3cc2c1. The standard InChI is InChI=1S/C17H23NO2SSi.C15H16N2OSSi/c1-5-20-17(19)15-10-12-8-11-9-13(22(2,3)4)6-7-14(11)18-16(12)21-15;1-20(2,3)11-4-5-12-9(7-11)6-10-8-13(14(16)18)19-15(10)17-12/h8,10,13H,5-7,9H2,1-4H3;4-8H,1-3H3,(H2,16,18). The highest BCUT2D eigenvalue weighted by atomic mass is 32.1. The summed E-state index contributed by atoms with van der Waals surface area (Å²) in [4.78, 5) is 35.7. The molecule has 0 bridgehead atoms. The van der Waals surface area contributed by atoms with E-state index in [0.29, 0.717) is 16.4 Å². The zero-order valence-corrected chi connectivity index (χ0v) is 29.1. The number of amides is 1. The van der Waals surface area contributed by atoms with Crippen LogP contribution in [0.15, 0.2) is 42.5 Å². The second-order valence-electron chi connectivity index (χ2n) is 13.1. The molecule has 5 aromatic rings. The number of nitrogens with two attached hydrogens (primary N) is 1. The van der Waals surface area contributed by atoms with Gasteiger partial charge in [-0.15, -0.1) is 22.7 Å². The molecule has 2 N–H and O–H groups in total. The predicted molar refractivity (Wildman–Crippen MR) is 183 cm³/mol. The molecule has 1 aliphatic carbocycles. The normalized spacial score (nSPS) is 15.4. The van der Waals surface area contributed by atoms with Gasteiger partial charge in [0.15, 0.2) is 0 Å². The Balaban J connectivity index is 0.000000169. The minimum Gasteiger partial charge on any atom is -0.462 e. The summed E-state index contributed by atoms with van der Waals surface area (Å²) in [6, 6.07) is 14.6. The molecular weight excluding hydrogens is 595 g/mol. The molecule has 0 fully saturated rings. The Bertz CT molecular complexity index is 1820. The first kappa shape index (κ1) is 30.5. The number of thiophene rings is 2. The summed E-state index contributed by atoms with van der Waals surface area (Å²) in [5, 5.41) is 4.62. The number of ether oxygens (including phenoxy) is 1. The lowest BCUT2D eigenvalue weighted by Crippen LogP contribution is -2.37. The van der Waals surface area contributed by atoms with Crippen LogP contribution >= 0.6 is 22.7 Å². The number of hydrogen-bond donors (Lipinski definition) is 1. The Morgan fingerprint density at radius 1 is 0.905 bits per heavy atom. The first-order valence-electron chi connectivity index (χ1n) is 14.5. The first-order valence-corrected chi connectivity index (χ1v) is 23.2. The molecule has 4 heterocycles. The highest BCUT2D eigenvalue weighted by Crippen LogP contribution is 2.38. The van der Waals surface area contributed by atoms with Gasteiger partial charge in [-0.3, -0.25) is 4.79 Å². The highest BCUT2D eigenvalue weighted by Gasteiger charge is 2.31. The highest BCUT2D eigenvalue weighted by molar-refractivity contribution is 7.20. The minimum absolute atomic E-state index is 0.233. The van der Waals surface area contributed by atoms with Gasteiger partial charge in [-0.25, -0.2) is 14.8 Å². The number of aryl methyl sites for hydroxylation is 1. The van der Waals surface area contributed by atoms with Gasteiger partial charge in [-0.2, -0.15) is 0 Å². The van der Waals surface area contributed by atoms with Crippen LogP contribution in [-0.4, -0.2) is 44.6 Å². The maximum Gasteiger partial charge on any atom is 0.348 e. The van der Waals surface area contributed by atoms with Gasteiger partial charge in [0.2, 0.25) is 0 Å². The molecular formula is C32H39N3O3S2Si2. The number of carbonyl (C=O) groups excluding carboxylic acids is 2. The number of nitrogens with zero attached hydrogens (tertiary/aromatic N) is 2. The summed E-state index contributed by atoms with van der Waals surface area (Å²) in [7, 11) is -2.45. The molecule has 0 saturated carbocycles.